The third-order valence-corrected chi connectivity index (χ3v) is 6.32. The normalized spacial score (nSPS) is 13.2. The van der Waals surface area contributed by atoms with Crippen molar-refractivity contribution in [2.45, 2.75) is 25.7 Å². The zero-order valence-corrected chi connectivity index (χ0v) is 16.4. The molecule has 1 aliphatic rings. The Bertz CT molecular complexity index is 1100. The van der Waals surface area contributed by atoms with Crippen LogP contribution >= 0.6 is 23.7 Å². The first-order valence-electron chi connectivity index (χ1n) is 9.06. The van der Waals surface area contributed by atoms with Gasteiger partial charge in [0.15, 0.2) is 0 Å². The predicted molar refractivity (Wildman–Crippen MR) is 114 cm³/mol. The molecule has 5 rings (SSSR count). The number of pyridine rings is 1. The van der Waals surface area contributed by atoms with Crippen LogP contribution in [0.15, 0.2) is 60.7 Å². The van der Waals surface area contributed by atoms with Gasteiger partial charge in [0.2, 0.25) is 0 Å². The van der Waals surface area contributed by atoms with Crippen LogP contribution in [0.1, 0.15) is 23.3 Å². The number of rotatable bonds is 2. The van der Waals surface area contributed by atoms with Crippen molar-refractivity contribution in [3.05, 3.63) is 76.9 Å². The molecule has 4 heteroatoms. The van der Waals surface area contributed by atoms with Crippen molar-refractivity contribution >= 4 is 34.0 Å². The fraction of sp³-hybridized carbons (Fsp3) is 0.174. The first-order chi connectivity index (χ1) is 12.8. The number of thiophene rings is 1. The number of hydrogen-bond acceptors (Lipinski definition) is 2. The van der Waals surface area contributed by atoms with E-state index in [0.29, 0.717) is 0 Å². The van der Waals surface area contributed by atoms with Gasteiger partial charge in [0.05, 0.1) is 5.69 Å². The van der Waals surface area contributed by atoms with Crippen molar-refractivity contribution in [2.24, 2.45) is 0 Å². The molecule has 0 unspecified atom stereocenters. The van der Waals surface area contributed by atoms with Gasteiger partial charge in [-0.2, -0.15) is 0 Å². The number of halogens is 2. The smallest absolute Gasteiger partial charge is 0.125 e. The molecule has 0 atom stereocenters. The molecule has 4 aromatic rings. The fourth-order valence-electron chi connectivity index (χ4n) is 3.90. The van der Waals surface area contributed by atoms with Gasteiger partial charge in [-0.15, -0.1) is 23.7 Å². The van der Waals surface area contributed by atoms with Gasteiger partial charge in [-0.05, 0) is 60.6 Å². The van der Waals surface area contributed by atoms with Crippen LogP contribution in [0.2, 0.25) is 0 Å². The second-order valence-electron chi connectivity index (χ2n) is 6.82. The van der Waals surface area contributed by atoms with Crippen LogP contribution in [0.5, 0.6) is 0 Å². The van der Waals surface area contributed by atoms with E-state index >= 15 is 0 Å². The van der Waals surface area contributed by atoms with Crippen molar-refractivity contribution < 1.29 is 4.39 Å². The first-order valence-corrected chi connectivity index (χ1v) is 9.88. The van der Waals surface area contributed by atoms with E-state index in [-0.39, 0.29) is 18.2 Å². The molecular formula is C23H19ClFNS. The minimum absolute atomic E-state index is 0. The van der Waals surface area contributed by atoms with E-state index in [1.54, 1.807) is 12.1 Å². The molecule has 0 aliphatic heterocycles. The van der Waals surface area contributed by atoms with Crippen molar-refractivity contribution in [1.82, 2.24) is 4.98 Å². The third-order valence-electron chi connectivity index (χ3n) is 5.13. The lowest BCUT2D eigenvalue weighted by Gasteiger charge is -2.13. The maximum Gasteiger partial charge on any atom is 0.125 e. The summed E-state index contributed by atoms with van der Waals surface area (Å²) < 4.78 is 13.9. The molecule has 1 nitrogen and oxygen atoms in total. The Morgan fingerprint density at radius 1 is 0.852 bits per heavy atom. The Kier molecular flexibility index (Phi) is 4.98. The van der Waals surface area contributed by atoms with E-state index in [9.17, 15) is 4.39 Å². The van der Waals surface area contributed by atoms with Gasteiger partial charge in [0.1, 0.15) is 10.6 Å². The molecule has 0 spiro atoms. The molecule has 0 saturated carbocycles. The minimum Gasteiger partial charge on any atom is -0.237 e. The predicted octanol–water partition coefficient (Wildman–Crippen LogP) is 7.07. The minimum atomic E-state index is -0.196. The van der Waals surface area contributed by atoms with Gasteiger partial charge < -0.3 is 0 Å². The molecule has 2 aromatic heterocycles. The Morgan fingerprint density at radius 3 is 2.44 bits per heavy atom. The van der Waals surface area contributed by atoms with E-state index in [1.165, 1.54) is 34.7 Å². The number of fused-ring (bicyclic) bond motifs is 3. The van der Waals surface area contributed by atoms with Gasteiger partial charge >= 0.3 is 0 Å². The number of benzene rings is 2. The number of hydrogen-bond donors (Lipinski definition) is 0. The quantitative estimate of drug-likeness (QED) is 0.353. The molecule has 2 heterocycles. The second kappa shape index (κ2) is 7.41. The summed E-state index contributed by atoms with van der Waals surface area (Å²) in [4.78, 5) is 7.52. The highest BCUT2D eigenvalue weighted by Gasteiger charge is 2.21. The van der Waals surface area contributed by atoms with Gasteiger partial charge in [0, 0.05) is 15.8 Å². The highest BCUT2D eigenvalue weighted by atomic mass is 35.5. The van der Waals surface area contributed by atoms with Crippen LogP contribution in [-0.2, 0) is 12.8 Å². The summed E-state index contributed by atoms with van der Waals surface area (Å²) in [7, 11) is 0. The lowest BCUT2D eigenvalue weighted by Crippen LogP contribution is -1.99. The van der Waals surface area contributed by atoms with Crippen LogP contribution < -0.4 is 0 Å². The largest absolute Gasteiger partial charge is 0.237 e. The molecular weight excluding hydrogens is 377 g/mol. The highest BCUT2D eigenvalue weighted by Crippen LogP contribution is 2.42. The third kappa shape index (κ3) is 3.26. The monoisotopic (exact) mass is 395 g/mol. The van der Waals surface area contributed by atoms with Gasteiger partial charge in [-0.25, -0.2) is 9.37 Å². The van der Waals surface area contributed by atoms with Crippen LogP contribution in [-0.4, -0.2) is 4.98 Å². The summed E-state index contributed by atoms with van der Waals surface area (Å²) in [5, 5.41) is 1.23. The molecule has 0 amide bonds. The zero-order chi connectivity index (χ0) is 17.5. The van der Waals surface area contributed by atoms with E-state index in [1.807, 2.05) is 35.6 Å². The maximum absolute atomic E-state index is 13.9. The lowest BCUT2D eigenvalue weighted by atomic mass is 9.92. The average Bonchev–Trinajstić information content (AvgIpc) is 3.06. The van der Waals surface area contributed by atoms with Crippen LogP contribution in [0.3, 0.4) is 0 Å². The molecule has 0 saturated heterocycles. The van der Waals surface area contributed by atoms with E-state index < -0.39 is 0 Å². The number of nitrogens with zero attached hydrogens (tertiary/aromatic N) is 1. The van der Waals surface area contributed by atoms with Crippen LogP contribution in [0.4, 0.5) is 4.39 Å². The fourth-order valence-corrected chi connectivity index (χ4v) is 5.19. The number of aryl methyl sites for hydroxylation is 2. The van der Waals surface area contributed by atoms with Crippen molar-refractivity contribution in [3.63, 3.8) is 0 Å². The molecule has 27 heavy (non-hydrogen) atoms. The Morgan fingerprint density at radius 2 is 1.63 bits per heavy atom. The Hall–Kier alpha value is -2.23. The van der Waals surface area contributed by atoms with Gasteiger partial charge in [0.25, 0.3) is 0 Å². The van der Waals surface area contributed by atoms with Crippen molar-refractivity contribution in [2.75, 3.05) is 0 Å². The Balaban J connectivity index is 0.00000180. The van der Waals surface area contributed by atoms with Crippen molar-refractivity contribution in [3.8, 4) is 22.4 Å². The van der Waals surface area contributed by atoms with Crippen LogP contribution in [0, 0.1) is 5.82 Å². The van der Waals surface area contributed by atoms with Gasteiger partial charge in [-0.1, -0.05) is 42.5 Å². The maximum atomic E-state index is 13.9. The first kappa shape index (κ1) is 18.1. The van der Waals surface area contributed by atoms with E-state index in [4.69, 9.17) is 4.98 Å². The molecule has 136 valence electrons. The molecule has 2 aromatic carbocycles. The zero-order valence-electron chi connectivity index (χ0n) is 14.7. The summed E-state index contributed by atoms with van der Waals surface area (Å²) in [5.74, 6) is -0.196. The van der Waals surface area contributed by atoms with E-state index in [2.05, 4.69) is 18.2 Å². The van der Waals surface area contributed by atoms with Crippen molar-refractivity contribution in [1.29, 1.82) is 0 Å². The topological polar surface area (TPSA) is 12.9 Å². The lowest BCUT2D eigenvalue weighted by molar-refractivity contribution is 0.628. The summed E-state index contributed by atoms with van der Waals surface area (Å²) >= 11 is 1.82. The molecule has 0 bridgehead atoms. The summed E-state index contributed by atoms with van der Waals surface area (Å²) in [6, 6.07) is 19.3. The SMILES string of the molecule is Cl.Fc1cccc(-c2cc(-c3ccccc3)nc3sc4c(c23)CCCC4)c1. The summed E-state index contributed by atoms with van der Waals surface area (Å²) in [6.45, 7) is 0. The summed E-state index contributed by atoms with van der Waals surface area (Å²) in [5.41, 5.74) is 5.52. The van der Waals surface area contributed by atoms with Gasteiger partial charge in [-0.3, -0.25) is 0 Å². The standard InChI is InChI=1S/C23H18FNS.ClH/c24-17-10-6-9-16(13-17)19-14-20(15-7-2-1-3-8-15)25-23-22(19)18-11-4-5-12-21(18)26-23;/h1-3,6-10,13-14H,4-5,11-12H2;1H. The average molecular weight is 396 g/mol. The highest BCUT2D eigenvalue weighted by molar-refractivity contribution is 7.19. The molecule has 1 aliphatic carbocycles. The number of aromatic nitrogens is 1. The van der Waals surface area contributed by atoms with Crippen LogP contribution in [0.25, 0.3) is 32.6 Å². The van der Waals surface area contributed by atoms with E-state index in [0.717, 1.165) is 40.1 Å². The molecule has 0 N–H and O–H groups in total. The molecule has 0 fully saturated rings. The Labute approximate surface area is 168 Å². The second-order valence-corrected chi connectivity index (χ2v) is 7.91. The molecule has 0 radical (unpaired) electrons. The summed E-state index contributed by atoms with van der Waals surface area (Å²) in [6.07, 6.45) is 4.71.